The zero-order chi connectivity index (χ0) is 13.6. The van der Waals surface area contributed by atoms with Gasteiger partial charge in [-0.05, 0) is 23.6 Å². The summed E-state index contributed by atoms with van der Waals surface area (Å²) < 4.78 is 38.9. The first kappa shape index (κ1) is 15.1. The van der Waals surface area contributed by atoms with Crippen molar-refractivity contribution < 1.29 is 12.8 Å². The molecule has 0 spiro atoms. The molecule has 1 aromatic rings. The lowest BCUT2D eigenvalue weighted by molar-refractivity contribution is 0.478. The van der Waals surface area contributed by atoms with Crippen LogP contribution in [0.1, 0.15) is 32.3 Å². The van der Waals surface area contributed by atoms with E-state index in [1.54, 1.807) is 0 Å². The quantitative estimate of drug-likeness (QED) is 0.830. The Labute approximate surface area is 108 Å². The van der Waals surface area contributed by atoms with Gasteiger partial charge < -0.3 is 0 Å². The minimum absolute atomic E-state index is 0.104. The van der Waals surface area contributed by atoms with E-state index in [1.165, 1.54) is 24.3 Å². The molecule has 1 N–H and O–H groups in total. The molecule has 0 radical (unpaired) electrons. The van der Waals surface area contributed by atoms with Crippen LogP contribution in [0.4, 0.5) is 4.39 Å². The van der Waals surface area contributed by atoms with Crippen LogP contribution < -0.4 is 4.72 Å². The number of sulfonamides is 1. The SMILES string of the molecule is CCC(CC)CNS(=O)(=O)Cc1ccc(F)cc1. The predicted octanol–water partition coefficient (Wildman–Crippen LogP) is 2.68. The van der Waals surface area contributed by atoms with Crippen LogP contribution in [0.2, 0.25) is 0 Å². The molecule has 0 atom stereocenters. The summed E-state index contributed by atoms with van der Waals surface area (Å²) in [5.74, 6) is -0.0953. The molecule has 0 amide bonds. The fourth-order valence-corrected chi connectivity index (χ4v) is 2.90. The second-order valence-corrected chi connectivity index (χ2v) is 6.22. The van der Waals surface area contributed by atoms with Gasteiger partial charge in [-0.1, -0.05) is 38.8 Å². The largest absolute Gasteiger partial charge is 0.215 e. The van der Waals surface area contributed by atoms with Crippen LogP contribution in [-0.4, -0.2) is 15.0 Å². The molecule has 3 nitrogen and oxygen atoms in total. The maximum absolute atomic E-state index is 12.7. The van der Waals surface area contributed by atoms with Crippen molar-refractivity contribution in [1.29, 1.82) is 0 Å². The van der Waals surface area contributed by atoms with Crippen LogP contribution in [0.3, 0.4) is 0 Å². The zero-order valence-electron chi connectivity index (χ0n) is 10.8. The average molecular weight is 273 g/mol. The topological polar surface area (TPSA) is 46.2 Å². The number of benzene rings is 1. The highest BCUT2D eigenvalue weighted by atomic mass is 32.2. The number of hydrogen-bond acceptors (Lipinski definition) is 2. The van der Waals surface area contributed by atoms with E-state index in [2.05, 4.69) is 4.72 Å². The second kappa shape index (κ2) is 6.85. The average Bonchev–Trinajstić information content (AvgIpc) is 2.33. The molecule has 5 heteroatoms. The van der Waals surface area contributed by atoms with E-state index in [4.69, 9.17) is 0 Å². The minimum Gasteiger partial charge on any atom is -0.215 e. The maximum atomic E-state index is 12.7. The molecule has 0 saturated carbocycles. The van der Waals surface area contributed by atoms with Gasteiger partial charge >= 0.3 is 0 Å². The minimum atomic E-state index is -3.34. The van der Waals surface area contributed by atoms with Gasteiger partial charge in [0.1, 0.15) is 5.82 Å². The Kier molecular flexibility index (Phi) is 5.75. The molecule has 1 aromatic carbocycles. The van der Waals surface area contributed by atoms with Gasteiger partial charge in [0.2, 0.25) is 10.0 Å². The van der Waals surface area contributed by atoms with Gasteiger partial charge in [-0.15, -0.1) is 0 Å². The van der Waals surface area contributed by atoms with Crippen molar-refractivity contribution >= 4 is 10.0 Å². The van der Waals surface area contributed by atoms with Gasteiger partial charge in [0.25, 0.3) is 0 Å². The molecule has 0 aromatic heterocycles. The molecule has 0 aliphatic rings. The molecule has 0 saturated heterocycles. The Bertz CT molecular complexity index is 452. The third-order valence-corrected chi connectivity index (χ3v) is 4.34. The lowest BCUT2D eigenvalue weighted by Gasteiger charge is -2.13. The van der Waals surface area contributed by atoms with Crippen LogP contribution in [0, 0.1) is 11.7 Å². The van der Waals surface area contributed by atoms with Gasteiger partial charge in [0.15, 0.2) is 0 Å². The highest BCUT2D eigenvalue weighted by Gasteiger charge is 2.13. The molecule has 102 valence electrons. The smallest absolute Gasteiger partial charge is 0.215 e. The van der Waals surface area contributed by atoms with E-state index >= 15 is 0 Å². The van der Waals surface area contributed by atoms with Crippen molar-refractivity contribution in [3.8, 4) is 0 Å². The molecular weight excluding hydrogens is 253 g/mol. The lowest BCUT2D eigenvalue weighted by atomic mass is 10.0. The summed E-state index contributed by atoms with van der Waals surface area (Å²) in [6.45, 7) is 4.56. The van der Waals surface area contributed by atoms with E-state index in [0.29, 0.717) is 18.0 Å². The third kappa shape index (κ3) is 5.14. The van der Waals surface area contributed by atoms with Crippen molar-refractivity contribution in [2.24, 2.45) is 5.92 Å². The molecule has 18 heavy (non-hydrogen) atoms. The highest BCUT2D eigenvalue weighted by molar-refractivity contribution is 7.88. The maximum Gasteiger partial charge on any atom is 0.215 e. The Morgan fingerprint density at radius 2 is 1.72 bits per heavy atom. The van der Waals surface area contributed by atoms with Crippen molar-refractivity contribution in [3.05, 3.63) is 35.6 Å². The molecule has 1 rings (SSSR count). The summed E-state index contributed by atoms with van der Waals surface area (Å²) in [5, 5.41) is 0. The third-order valence-electron chi connectivity index (χ3n) is 3.02. The van der Waals surface area contributed by atoms with Crippen LogP contribution >= 0.6 is 0 Å². The first-order valence-corrected chi connectivity index (χ1v) is 7.83. The van der Waals surface area contributed by atoms with Gasteiger partial charge in [0, 0.05) is 6.54 Å². The van der Waals surface area contributed by atoms with Crippen molar-refractivity contribution in [2.45, 2.75) is 32.4 Å². The first-order valence-electron chi connectivity index (χ1n) is 6.18. The highest BCUT2D eigenvalue weighted by Crippen LogP contribution is 2.09. The van der Waals surface area contributed by atoms with E-state index in [1.807, 2.05) is 13.8 Å². The summed E-state index contributed by atoms with van der Waals surface area (Å²) in [6.07, 6.45) is 1.91. The van der Waals surface area contributed by atoms with Gasteiger partial charge in [-0.3, -0.25) is 0 Å². The van der Waals surface area contributed by atoms with Crippen LogP contribution in [0.25, 0.3) is 0 Å². The van der Waals surface area contributed by atoms with Crippen LogP contribution in [-0.2, 0) is 15.8 Å². The molecule has 0 aliphatic carbocycles. The van der Waals surface area contributed by atoms with Gasteiger partial charge in [-0.25, -0.2) is 17.5 Å². The molecule has 0 unspecified atom stereocenters. The van der Waals surface area contributed by atoms with Crippen LogP contribution in [0.5, 0.6) is 0 Å². The summed E-state index contributed by atoms with van der Waals surface area (Å²) in [7, 11) is -3.34. The molecular formula is C13H20FNO2S. The van der Waals surface area contributed by atoms with Crippen molar-refractivity contribution in [3.63, 3.8) is 0 Å². The molecule has 0 heterocycles. The molecule has 0 fully saturated rings. The number of nitrogens with one attached hydrogen (secondary N) is 1. The normalized spacial score (nSPS) is 12.0. The summed E-state index contributed by atoms with van der Waals surface area (Å²) in [6, 6.07) is 5.52. The number of hydrogen-bond donors (Lipinski definition) is 1. The lowest BCUT2D eigenvalue weighted by Crippen LogP contribution is -2.30. The van der Waals surface area contributed by atoms with E-state index < -0.39 is 10.0 Å². The predicted molar refractivity (Wildman–Crippen MR) is 71.1 cm³/mol. The van der Waals surface area contributed by atoms with E-state index in [9.17, 15) is 12.8 Å². The number of rotatable bonds is 7. The standard InChI is InChI=1S/C13H20FNO2S/c1-3-11(4-2)9-15-18(16,17)10-12-5-7-13(14)8-6-12/h5-8,11,15H,3-4,9-10H2,1-2H3. The van der Waals surface area contributed by atoms with E-state index in [-0.39, 0.29) is 11.6 Å². The fourth-order valence-electron chi connectivity index (χ4n) is 1.67. The second-order valence-electron chi connectivity index (χ2n) is 4.42. The Balaban J connectivity index is 2.57. The van der Waals surface area contributed by atoms with E-state index in [0.717, 1.165) is 12.8 Å². The van der Waals surface area contributed by atoms with Crippen molar-refractivity contribution in [1.82, 2.24) is 4.72 Å². The fraction of sp³-hybridized carbons (Fsp3) is 0.538. The van der Waals surface area contributed by atoms with Gasteiger partial charge in [0.05, 0.1) is 5.75 Å². The Morgan fingerprint density at radius 1 is 1.17 bits per heavy atom. The zero-order valence-corrected chi connectivity index (χ0v) is 11.6. The van der Waals surface area contributed by atoms with Gasteiger partial charge in [-0.2, -0.15) is 0 Å². The molecule has 0 aliphatic heterocycles. The monoisotopic (exact) mass is 273 g/mol. The summed E-state index contributed by atoms with van der Waals surface area (Å²) in [4.78, 5) is 0. The Morgan fingerprint density at radius 3 is 2.22 bits per heavy atom. The summed E-state index contributed by atoms with van der Waals surface area (Å²) >= 11 is 0. The first-order chi connectivity index (χ1) is 8.46. The summed E-state index contributed by atoms with van der Waals surface area (Å²) in [5.41, 5.74) is 0.591. The molecule has 0 bridgehead atoms. The Hall–Kier alpha value is -0.940. The van der Waals surface area contributed by atoms with Crippen LogP contribution in [0.15, 0.2) is 24.3 Å². The number of halogens is 1. The van der Waals surface area contributed by atoms with Crippen molar-refractivity contribution in [2.75, 3.05) is 6.54 Å².